The second-order valence-corrected chi connectivity index (χ2v) is 5.83. The van der Waals surface area contributed by atoms with Gasteiger partial charge in [0.1, 0.15) is 5.75 Å². The molecule has 0 amide bonds. The monoisotopic (exact) mass is 279 g/mol. The Morgan fingerprint density at radius 1 is 1.25 bits per heavy atom. The molecule has 0 aliphatic rings. The van der Waals surface area contributed by atoms with Gasteiger partial charge >= 0.3 is 0 Å². The van der Waals surface area contributed by atoms with E-state index in [0.717, 1.165) is 18.8 Å². The third-order valence-corrected chi connectivity index (χ3v) is 3.58. The summed E-state index contributed by atoms with van der Waals surface area (Å²) in [7, 11) is 0. The molecule has 2 atom stereocenters. The van der Waals surface area contributed by atoms with Crippen molar-refractivity contribution >= 4 is 0 Å². The summed E-state index contributed by atoms with van der Waals surface area (Å²) in [4.78, 5) is 0. The molecule has 0 heterocycles. The molecule has 0 fully saturated rings. The summed E-state index contributed by atoms with van der Waals surface area (Å²) in [5.74, 6) is 1.71. The minimum absolute atomic E-state index is 0.297. The van der Waals surface area contributed by atoms with Crippen LogP contribution < -0.4 is 10.5 Å². The van der Waals surface area contributed by atoms with Gasteiger partial charge in [0.15, 0.2) is 0 Å². The lowest BCUT2D eigenvalue weighted by Crippen LogP contribution is -2.21. The maximum absolute atomic E-state index is 9.69. The van der Waals surface area contributed by atoms with Gasteiger partial charge in [0, 0.05) is 6.54 Å². The summed E-state index contributed by atoms with van der Waals surface area (Å²) >= 11 is 0. The van der Waals surface area contributed by atoms with E-state index in [1.165, 1.54) is 11.1 Å². The topological polar surface area (TPSA) is 55.5 Å². The average molecular weight is 279 g/mol. The number of rotatable bonds is 8. The highest BCUT2D eigenvalue weighted by molar-refractivity contribution is 5.40. The van der Waals surface area contributed by atoms with Crippen molar-refractivity contribution in [1.82, 2.24) is 0 Å². The maximum Gasteiger partial charge on any atom is 0.122 e. The molecule has 0 saturated heterocycles. The minimum atomic E-state index is -0.427. The van der Waals surface area contributed by atoms with Crippen LogP contribution in [0.5, 0.6) is 5.75 Å². The zero-order chi connectivity index (χ0) is 15.1. The molecule has 1 aromatic rings. The molecule has 1 aromatic carbocycles. The molecular weight excluding hydrogens is 250 g/mol. The fourth-order valence-electron chi connectivity index (χ4n) is 2.31. The predicted molar refractivity (Wildman–Crippen MR) is 84.4 cm³/mol. The Balaban J connectivity index is 2.91. The van der Waals surface area contributed by atoms with Gasteiger partial charge in [-0.05, 0) is 41.9 Å². The van der Waals surface area contributed by atoms with Crippen LogP contribution in [-0.2, 0) is 0 Å². The average Bonchev–Trinajstić information content (AvgIpc) is 2.44. The van der Waals surface area contributed by atoms with Gasteiger partial charge in [-0.1, -0.05) is 39.8 Å². The molecule has 3 nitrogen and oxygen atoms in total. The van der Waals surface area contributed by atoms with Crippen LogP contribution in [-0.4, -0.2) is 24.4 Å². The molecule has 20 heavy (non-hydrogen) atoms. The first-order valence-corrected chi connectivity index (χ1v) is 7.64. The highest BCUT2D eigenvalue weighted by Gasteiger charge is 2.15. The minimum Gasteiger partial charge on any atom is -0.493 e. The molecule has 0 saturated carbocycles. The van der Waals surface area contributed by atoms with Crippen molar-refractivity contribution in [3.05, 3.63) is 29.3 Å². The van der Waals surface area contributed by atoms with E-state index in [-0.39, 0.29) is 0 Å². The molecule has 3 heteroatoms. The van der Waals surface area contributed by atoms with Gasteiger partial charge in [0.25, 0.3) is 0 Å². The Morgan fingerprint density at radius 2 is 1.95 bits per heavy atom. The van der Waals surface area contributed by atoms with E-state index >= 15 is 0 Å². The molecule has 0 aromatic heterocycles. The first kappa shape index (κ1) is 17.0. The fourth-order valence-corrected chi connectivity index (χ4v) is 2.31. The van der Waals surface area contributed by atoms with Crippen LogP contribution in [0.4, 0.5) is 0 Å². The number of aliphatic hydroxyl groups excluding tert-OH is 1. The first-order chi connectivity index (χ1) is 9.49. The van der Waals surface area contributed by atoms with Gasteiger partial charge in [0.2, 0.25) is 0 Å². The second-order valence-electron chi connectivity index (χ2n) is 5.83. The Bertz CT molecular complexity index is 404. The molecular formula is C17H29NO2. The number of hydrogen-bond acceptors (Lipinski definition) is 3. The molecule has 0 bridgehead atoms. The first-order valence-electron chi connectivity index (χ1n) is 7.64. The van der Waals surface area contributed by atoms with Gasteiger partial charge in [-0.2, -0.15) is 0 Å². The molecule has 0 aliphatic heterocycles. The number of benzene rings is 1. The zero-order valence-electron chi connectivity index (χ0n) is 13.2. The zero-order valence-corrected chi connectivity index (χ0v) is 13.2. The quantitative estimate of drug-likeness (QED) is 0.766. The standard InChI is InChI=1S/C17H29NO2/c1-5-8-20-17-7-6-14(10-16(17)12(2)3)13(4)9-15(19)11-18/h6-7,10,12-13,15,19H,5,8-9,11,18H2,1-4H3. The Hall–Kier alpha value is -1.06. The van der Waals surface area contributed by atoms with E-state index in [4.69, 9.17) is 10.5 Å². The van der Waals surface area contributed by atoms with Crippen molar-refractivity contribution in [2.75, 3.05) is 13.2 Å². The van der Waals surface area contributed by atoms with Gasteiger partial charge in [0.05, 0.1) is 12.7 Å². The summed E-state index contributed by atoms with van der Waals surface area (Å²) < 4.78 is 5.82. The fraction of sp³-hybridized carbons (Fsp3) is 0.647. The number of ether oxygens (including phenoxy) is 1. The largest absolute Gasteiger partial charge is 0.493 e. The summed E-state index contributed by atoms with van der Waals surface area (Å²) in [6.07, 6.45) is 1.28. The molecule has 1 rings (SSSR count). The summed E-state index contributed by atoms with van der Waals surface area (Å²) in [6.45, 7) is 9.67. The van der Waals surface area contributed by atoms with Crippen LogP contribution in [0, 0.1) is 0 Å². The number of hydrogen-bond donors (Lipinski definition) is 2. The normalized spacial score (nSPS) is 14.3. The molecule has 3 N–H and O–H groups in total. The van der Waals surface area contributed by atoms with Gasteiger partial charge in [-0.15, -0.1) is 0 Å². The van der Waals surface area contributed by atoms with E-state index in [9.17, 15) is 5.11 Å². The Labute approximate surface area is 123 Å². The summed E-state index contributed by atoms with van der Waals surface area (Å²) in [5, 5.41) is 9.69. The van der Waals surface area contributed by atoms with Crippen LogP contribution in [0.25, 0.3) is 0 Å². The van der Waals surface area contributed by atoms with Crippen molar-refractivity contribution in [1.29, 1.82) is 0 Å². The van der Waals surface area contributed by atoms with E-state index in [2.05, 4.69) is 45.9 Å². The van der Waals surface area contributed by atoms with Gasteiger partial charge < -0.3 is 15.6 Å². The smallest absolute Gasteiger partial charge is 0.122 e. The second kappa shape index (κ2) is 8.28. The van der Waals surface area contributed by atoms with Crippen molar-refractivity contribution in [3.63, 3.8) is 0 Å². The van der Waals surface area contributed by atoms with Crippen LogP contribution in [0.2, 0.25) is 0 Å². The van der Waals surface area contributed by atoms with E-state index < -0.39 is 6.10 Å². The van der Waals surface area contributed by atoms with Crippen molar-refractivity contribution in [2.45, 2.75) is 58.5 Å². The highest BCUT2D eigenvalue weighted by atomic mass is 16.5. The maximum atomic E-state index is 9.69. The molecule has 0 spiro atoms. The molecule has 0 aliphatic carbocycles. The van der Waals surface area contributed by atoms with Crippen molar-refractivity contribution in [3.8, 4) is 5.75 Å². The van der Waals surface area contributed by atoms with Gasteiger partial charge in [-0.25, -0.2) is 0 Å². The van der Waals surface area contributed by atoms with E-state index in [1.54, 1.807) is 0 Å². The summed E-state index contributed by atoms with van der Waals surface area (Å²) in [6, 6.07) is 6.37. The van der Waals surface area contributed by atoms with Crippen LogP contribution in [0.15, 0.2) is 18.2 Å². The van der Waals surface area contributed by atoms with Crippen LogP contribution >= 0.6 is 0 Å². The number of nitrogens with two attached hydrogens (primary N) is 1. The van der Waals surface area contributed by atoms with E-state index in [0.29, 0.717) is 24.8 Å². The predicted octanol–water partition coefficient (Wildman–Crippen LogP) is 3.41. The van der Waals surface area contributed by atoms with Crippen LogP contribution in [0.3, 0.4) is 0 Å². The highest BCUT2D eigenvalue weighted by Crippen LogP contribution is 2.31. The number of aliphatic hydroxyl groups is 1. The molecule has 0 radical (unpaired) electrons. The lowest BCUT2D eigenvalue weighted by atomic mass is 9.91. The SMILES string of the molecule is CCCOc1ccc(C(C)CC(O)CN)cc1C(C)C. The molecule has 114 valence electrons. The molecule has 2 unspecified atom stereocenters. The summed E-state index contributed by atoms with van der Waals surface area (Å²) in [5.41, 5.74) is 7.97. The van der Waals surface area contributed by atoms with E-state index in [1.807, 2.05) is 0 Å². The third-order valence-electron chi connectivity index (χ3n) is 3.58. The Morgan fingerprint density at radius 3 is 2.50 bits per heavy atom. The van der Waals surface area contributed by atoms with Crippen molar-refractivity contribution < 1.29 is 9.84 Å². The lowest BCUT2D eigenvalue weighted by molar-refractivity contribution is 0.165. The Kier molecular flexibility index (Phi) is 7.03. The lowest BCUT2D eigenvalue weighted by Gasteiger charge is -2.19. The van der Waals surface area contributed by atoms with Crippen molar-refractivity contribution in [2.24, 2.45) is 5.73 Å². The third kappa shape index (κ3) is 4.80. The van der Waals surface area contributed by atoms with Gasteiger partial charge in [-0.3, -0.25) is 0 Å². The van der Waals surface area contributed by atoms with Crippen LogP contribution in [0.1, 0.15) is 63.5 Å².